The van der Waals surface area contributed by atoms with Gasteiger partial charge in [-0.3, -0.25) is 9.59 Å². The molecule has 3 aliphatic rings. The molecule has 0 saturated carbocycles. The molecule has 6 heteroatoms. The predicted molar refractivity (Wildman–Crippen MR) is 86.3 cm³/mol. The minimum absolute atomic E-state index is 0.0235. The molecule has 0 radical (unpaired) electrons. The first kappa shape index (κ1) is 13.8. The first-order valence-corrected chi connectivity index (χ1v) is 8.20. The fraction of sp³-hybridized carbons (Fsp3) is 0.375. The highest BCUT2D eigenvalue weighted by molar-refractivity contribution is 9.10. The molecular formula is C16H16BrN3O2. The zero-order valence-corrected chi connectivity index (χ0v) is 13.7. The summed E-state index contributed by atoms with van der Waals surface area (Å²) in [6.07, 6.45) is 3.84. The lowest BCUT2D eigenvalue weighted by atomic mass is 9.70. The maximum Gasteiger partial charge on any atom is 0.249 e. The minimum atomic E-state index is -0.893. The van der Waals surface area contributed by atoms with Gasteiger partial charge in [-0.25, -0.2) is 0 Å². The monoisotopic (exact) mass is 361 g/mol. The molecule has 1 saturated heterocycles. The van der Waals surface area contributed by atoms with Gasteiger partial charge in [0.05, 0.1) is 11.6 Å². The van der Waals surface area contributed by atoms with Crippen LogP contribution in [-0.2, 0) is 15.0 Å². The summed E-state index contributed by atoms with van der Waals surface area (Å²) in [5.41, 5.74) is 1.36. The lowest BCUT2D eigenvalue weighted by molar-refractivity contribution is -0.124. The molecule has 2 amide bonds. The summed E-state index contributed by atoms with van der Waals surface area (Å²) < 4.78 is 0.912. The zero-order chi connectivity index (χ0) is 15.5. The number of nitrogens with zero attached hydrogens (tertiary/aromatic N) is 1. The van der Waals surface area contributed by atoms with Crippen molar-refractivity contribution in [2.24, 2.45) is 0 Å². The average Bonchev–Trinajstić information content (AvgIpc) is 3.14. The van der Waals surface area contributed by atoms with Crippen LogP contribution in [0.5, 0.6) is 0 Å². The van der Waals surface area contributed by atoms with E-state index < -0.39 is 5.41 Å². The van der Waals surface area contributed by atoms with Crippen LogP contribution in [0.1, 0.15) is 18.4 Å². The first-order valence-electron chi connectivity index (χ1n) is 7.40. The summed E-state index contributed by atoms with van der Waals surface area (Å²) in [6.45, 7) is 0.892. The second-order valence-electron chi connectivity index (χ2n) is 5.97. The fourth-order valence-electron chi connectivity index (χ4n) is 4.12. The third kappa shape index (κ3) is 1.53. The van der Waals surface area contributed by atoms with Gasteiger partial charge in [-0.2, -0.15) is 0 Å². The summed E-state index contributed by atoms with van der Waals surface area (Å²) in [5, 5.41) is 5.66. The van der Waals surface area contributed by atoms with Crippen LogP contribution < -0.4 is 10.6 Å². The van der Waals surface area contributed by atoms with E-state index in [0.29, 0.717) is 5.57 Å². The molecule has 2 unspecified atom stereocenters. The smallest absolute Gasteiger partial charge is 0.249 e. The molecule has 0 aromatic heterocycles. The van der Waals surface area contributed by atoms with Gasteiger partial charge in [-0.05, 0) is 36.6 Å². The molecule has 4 rings (SSSR count). The molecule has 114 valence electrons. The number of benzene rings is 1. The van der Waals surface area contributed by atoms with Gasteiger partial charge in [0.25, 0.3) is 0 Å². The molecule has 1 aromatic carbocycles. The Hall–Kier alpha value is -1.82. The van der Waals surface area contributed by atoms with Crippen molar-refractivity contribution in [2.75, 3.05) is 18.9 Å². The van der Waals surface area contributed by atoms with E-state index in [1.54, 1.807) is 7.05 Å². The minimum Gasteiger partial charge on any atom is -0.372 e. The Labute approximate surface area is 136 Å². The number of carbonyl (C=O) groups is 2. The van der Waals surface area contributed by atoms with Crippen molar-refractivity contribution in [3.05, 3.63) is 40.0 Å². The normalized spacial score (nSPS) is 28.5. The molecule has 22 heavy (non-hydrogen) atoms. The van der Waals surface area contributed by atoms with Crippen molar-refractivity contribution in [1.29, 1.82) is 0 Å². The topological polar surface area (TPSA) is 61.4 Å². The van der Waals surface area contributed by atoms with Gasteiger partial charge in [0.2, 0.25) is 11.8 Å². The van der Waals surface area contributed by atoms with E-state index in [1.165, 1.54) is 0 Å². The van der Waals surface area contributed by atoms with E-state index in [4.69, 9.17) is 0 Å². The van der Waals surface area contributed by atoms with Gasteiger partial charge in [-0.1, -0.05) is 15.9 Å². The van der Waals surface area contributed by atoms with Crippen LogP contribution in [0.3, 0.4) is 0 Å². The van der Waals surface area contributed by atoms with Gasteiger partial charge in [0.15, 0.2) is 0 Å². The molecule has 1 fully saturated rings. The number of hydrogen-bond donors (Lipinski definition) is 2. The van der Waals surface area contributed by atoms with Gasteiger partial charge in [0.1, 0.15) is 5.41 Å². The Morgan fingerprint density at radius 2 is 2.32 bits per heavy atom. The zero-order valence-electron chi connectivity index (χ0n) is 12.1. The summed E-state index contributed by atoms with van der Waals surface area (Å²) in [7, 11) is 1.61. The Balaban J connectivity index is 1.98. The van der Waals surface area contributed by atoms with Crippen molar-refractivity contribution in [3.63, 3.8) is 0 Å². The number of hydrogen-bond acceptors (Lipinski definition) is 3. The summed E-state index contributed by atoms with van der Waals surface area (Å²) >= 11 is 3.49. The molecule has 2 N–H and O–H groups in total. The van der Waals surface area contributed by atoms with Crippen LogP contribution in [-0.4, -0.2) is 36.3 Å². The predicted octanol–water partition coefficient (Wildman–Crippen LogP) is 1.75. The Morgan fingerprint density at radius 1 is 1.50 bits per heavy atom. The summed E-state index contributed by atoms with van der Waals surface area (Å²) in [5.74, 6) is -0.276. The van der Waals surface area contributed by atoms with Crippen LogP contribution in [0.2, 0.25) is 0 Å². The van der Waals surface area contributed by atoms with E-state index in [-0.39, 0.29) is 17.9 Å². The molecule has 0 bridgehead atoms. The van der Waals surface area contributed by atoms with Crippen molar-refractivity contribution >= 4 is 33.4 Å². The molecule has 2 atom stereocenters. The second-order valence-corrected chi connectivity index (χ2v) is 6.89. The number of nitrogens with one attached hydrogen (secondary N) is 2. The van der Waals surface area contributed by atoms with Crippen molar-refractivity contribution in [1.82, 2.24) is 10.2 Å². The second kappa shape index (κ2) is 4.59. The van der Waals surface area contributed by atoms with Gasteiger partial charge >= 0.3 is 0 Å². The van der Waals surface area contributed by atoms with Gasteiger partial charge in [0, 0.05) is 30.0 Å². The van der Waals surface area contributed by atoms with Crippen molar-refractivity contribution in [2.45, 2.75) is 24.3 Å². The SMILES string of the molecule is CNC(=O)C1=CN2CCCC2C12C(=O)Nc1ccc(Br)cc12. The maximum absolute atomic E-state index is 13.0. The molecular weight excluding hydrogens is 346 g/mol. The number of amides is 2. The van der Waals surface area contributed by atoms with Crippen LogP contribution in [0.4, 0.5) is 5.69 Å². The number of carbonyl (C=O) groups excluding carboxylic acids is 2. The van der Waals surface area contributed by atoms with Gasteiger partial charge < -0.3 is 15.5 Å². The molecule has 5 nitrogen and oxygen atoms in total. The van der Waals surface area contributed by atoms with Crippen LogP contribution in [0.15, 0.2) is 34.4 Å². The summed E-state index contributed by atoms with van der Waals surface area (Å²) in [6, 6.07) is 5.79. The van der Waals surface area contributed by atoms with E-state index in [2.05, 4.69) is 31.5 Å². The molecule has 0 aliphatic carbocycles. The third-order valence-electron chi connectivity index (χ3n) is 5.00. The van der Waals surface area contributed by atoms with E-state index in [0.717, 1.165) is 35.1 Å². The standard InChI is InChI=1S/C16H16BrN3O2/c1-18-14(21)11-8-20-6-2-3-13(20)16(11)10-7-9(17)4-5-12(10)19-15(16)22/h4-5,7-8,13H,2-3,6H2,1H3,(H,18,21)(H,19,22). The largest absolute Gasteiger partial charge is 0.372 e. The summed E-state index contributed by atoms with van der Waals surface area (Å²) in [4.78, 5) is 27.6. The van der Waals surface area contributed by atoms with E-state index in [9.17, 15) is 9.59 Å². The number of rotatable bonds is 1. The number of likely N-dealkylation sites (N-methyl/N-ethyl adjacent to an activating group) is 1. The highest BCUT2D eigenvalue weighted by Gasteiger charge is 2.62. The molecule has 3 aliphatic heterocycles. The maximum atomic E-state index is 13.0. The highest BCUT2D eigenvalue weighted by atomic mass is 79.9. The Morgan fingerprint density at radius 3 is 3.09 bits per heavy atom. The lowest BCUT2D eigenvalue weighted by Gasteiger charge is -2.32. The Bertz CT molecular complexity index is 730. The molecule has 1 aromatic rings. The van der Waals surface area contributed by atoms with Gasteiger partial charge in [-0.15, -0.1) is 0 Å². The molecule has 1 spiro atoms. The number of fused-ring (bicyclic) bond motifs is 4. The van der Waals surface area contributed by atoms with Crippen LogP contribution in [0, 0.1) is 0 Å². The van der Waals surface area contributed by atoms with Crippen molar-refractivity contribution < 1.29 is 9.59 Å². The average molecular weight is 362 g/mol. The fourth-order valence-corrected chi connectivity index (χ4v) is 4.48. The van der Waals surface area contributed by atoms with E-state index in [1.807, 2.05) is 24.4 Å². The van der Waals surface area contributed by atoms with Crippen LogP contribution >= 0.6 is 15.9 Å². The first-order chi connectivity index (χ1) is 10.6. The number of anilines is 1. The van der Waals surface area contributed by atoms with E-state index >= 15 is 0 Å². The van der Waals surface area contributed by atoms with Crippen molar-refractivity contribution in [3.8, 4) is 0 Å². The number of halogens is 1. The van der Waals surface area contributed by atoms with Crippen LogP contribution in [0.25, 0.3) is 0 Å². The highest BCUT2D eigenvalue weighted by Crippen LogP contribution is 2.53. The third-order valence-corrected chi connectivity index (χ3v) is 5.49. The molecule has 3 heterocycles. The Kier molecular flexibility index (Phi) is 2.88. The lowest BCUT2D eigenvalue weighted by Crippen LogP contribution is -2.49. The quantitative estimate of drug-likeness (QED) is 0.800.